The third-order valence-electron chi connectivity index (χ3n) is 4.33. The van der Waals surface area contributed by atoms with Gasteiger partial charge >= 0.3 is 0 Å². The number of halogens is 1. The highest BCUT2D eigenvalue weighted by Gasteiger charge is 2.19. The van der Waals surface area contributed by atoms with Gasteiger partial charge in [-0.3, -0.25) is 10.1 Å². The number of benzene rings is 2. The molecule has 25 heavy (non-hydrogen) atoms. The molecule has 0 amide bonds. The molecule has 6 nitrogen and oxygen atoms in total. The summed E-state index contributed by atoms with van der Waals surface area (Å²) in [4.78, 5) is 13.3. The fourth-order valence-electron chi connectivity index (χ4n) is 2.98. The number of nitrogens with one attached hydrogen (secondary N) is 2. The van der Waals surface area contributed by atoms with Gasteiger partial charge < -0.3 is 15.5 Å². The molecule has 1 heterocycles. The topological polar surface area (TPSA) is 70.4 Å². The number of nitro benzene ring substituents is 1. The first kappa shape index (κ1) is 19.0. The predicted molar refractivity (Wildman–Crippen MR) is 104 cm³/mol. The van der Waals surface area contributed by atoms with Gasteiger partial charge in [0.05, 0.1) is 4.92 Å². The summed E-state index contributed by atoms with van der Waals surface area (Å²) in [6.45, 7) is 5.69. The molecule has 1 aliphatic rings. The van der Waals surface area contributed by atoms with Crippen LogP contribution in [-0.4, -0.2) is 31.1 Å². The fraction of sp³-hybridized carbons (Fsp3) is 0.333. The summed E-state index contributed by atoms with van der Waals surface area (Å²) in [6.07, 6.45) is 0. The summed E-state index contributed by atoms with van der Waals surface area (Å²) in [5.74, 6) is 0. The first-order valence-corrected chi connectivity index (χ1v) is 8.21. The molecule has 0 aromatic heterocycles. The summed E-state index contributed by atoms with van der Waals surface area (Å²) >= 11 is 0. The molecule has 1 unspecified atom stereocenters. The molecule has 0 aliphatic carbocycles. The Morgan fingerprint density at radius 2 is 1.84 bits per heavy atom. The van der Waals surface area contributed by atoms with Crippen molar-refractivity contribution in [3.8, 4) is 0 Å². The van der Waals surface area contributed by atoms with Crippen LogP contribution in [-0.2, 0) is 0 Å². The lowest BCUT2D eigenvalue weighted by atomic mass is 10.1. The van der Waals surface area contributed by atoms with Gasteiger partial charge in [0.25, 0.3) is 5.69 Å². The minimum atomic E-state index is -0.332. The quantitative estimate of drug-likeness (QED) is 0.628. The molecule has 1 fully saturated rings. The normalized spacial score (nSPS) is 15.2. The summed E-state index contributed by atoms with van der Waals surface area (Å²) < 4.78 is 0. The van der Waals surface area contributed by atoms with Gasteiger partial charge in [-0.25, -0.2) is 0 Å². The van der Waals surface area contributed by atoms with Crippen molar-refractivity contribution in [1.29, 1.82) is 0 Å². The van der Waals surface area contributed by atoms with E-state index in [0.717, 1.165) is 37.4 Å². The van der Waals surface area contributed by atoms with Crippen LogP contribution in [0.4, 0.5) is 17.1 Å². The molecule has 1 aliphatic heterocycles. The van der Waals surface area contributed by atoms with E-state index in [2.05, 4.69) is 15.5 Å². The molecule has 1 saturated heterocycles. The number of rotatable bonds is 5. The predicted octanol–water partition coefficient (Wildman–Crippen LogP) is 3.60. The third-order valence-corrected chi connectivity index (χ3v) is 4.33. The van der Waals surface area contributed by atoms with E-state index in [1.165, 1.54) is 0 Å². The van der Waals surface area contributed by atoms with E-state index in [4.69, 9.17) is 0 Å². The molecule has 2 aromatic rings. The van der Waals surface area contributed by atoms with E-state index >= 15 is 0 Å². The van der Waals surface area contributed by atoms with Crippen LogP contribution >= 0.6 is 12.4 Å². The number of nitro groups is 1. The first-order chi connectivity index (χ1) is 11.6. The van der Waals surface area contributed by atoms with Crippen LogP contribution in [0.2, 0.25) is 0 Å². The molecule has 0 saturated carbocycles. The molecule has 3 rings (SSSR count). The Bertz CT molecular complexity index is 705. The smallest absolute Gasteiger partial charge is 0.292 e. The maximum atomic E-state index is 11.4. The van der Waals surface area contributed by atoms with Crippen molar-refractivity contribution >= 4 is 29.5 Å². The van der Waals surface area contributed by atoms with Crippen LogP contribution in [0, 0.1) is 10.1 Å². The zero-order chi connectivity index (χ0) is 16.9. The molecule has 0 radical (unpaired) electrons. The minimum Gasteiger partial charge on any atom is -0.373 e. The average Bonchev–Trinajstić information content (AvgIpc) is 2.63. The van der Waals surface area contributed by atoms with Crippen LogP contribution < -0.4 is 15.5 Å². The Hall–Kier alpha value is -2.31. The first-order valence-electron chi connectivity index (χ1n) is 8.21. The Kier molecular flexibility index (Phi) is 6.61. The molecule has 2 aromatic carbocycles. The Balaban J connectivity index is 0.00000225. The number of hydrogen-bond donors (Lipinski definition) is 2. The van der Waals surface area contributed by atoms with E-state index in [-0.39, 0.29) is 29.1 Å². The Morgan fingerprint density at radius 1 is 1.16 bits per heavy atom. The van der Waals surface area contributed by atoms with Crippen LogP contribution in [0.1, 0.15) is 18.5 Å². The highest BCUT2D eigenvalue weighted by Crippen LogP contribution is 2.32. The molecule has 0 spiro atoms. The number of piperazine rings is 1. The molecule has 134 valence electrons. The maximum Gasteiger partial charge on any atom is 0.292 e. The van der Waals surface area contributed by atoms with Gasteiger partial charge in [-0.05, 0) is 24.6 Å². The van der Waals surface area contributed by atoms with Gasteiger partial charge in [-0.2, -0.15) is 0 Å². The van der Waals surface area contributed by atoms with Crippen molar-refractivity contribution in [3.05, 3.63) is 64.2 Å². The lowest BCUT2D eigenvalue weighted by molar-refractivity contribution is -0.384. The van der Waals surface area contributed by atoms with Crippen molar-refractivity contribution < 1.29 is 4.92 Å². The molecule has 7 heteroatoms. The fourth-order valence-corrected chi connectivity index (χ4v) is 2.98. The molecule has 2 N–H and O–H groups in total. The van der Waals surface area contributed by atoms with Crippen LogP contribution in [0.3, 0.4) is 0 Å². The van der Waals surface area contributed by atoms with Gasteiger partial charge in [0.2, 0.25) is 0 Å². The largest absolute Gasteiger partial charge is 0.373 e. The molecule has 0 bridgehead atoms. The van der Waals surface area contributed by atoms with E-state index < -0.39 is 0 Å². The number of anilines is 2. The van der Waals surface area contributed by atoms with Gasteiger partial charge in [-0.15, -0.1) is 12.4 Å². The van der Waals surface area contributed by atoms with E-state index in [1.807, 2.05) is 49.4 Å². The third kappa shape index (κ3) is 4.61. The van der Waals surface area contributed by atoms with Crippen molar-refractivity contribution in [1.82, 2.24) is 5.32 Å². The van der Waals surface area contributed by atoms with Gasteiger partial charge in [0.15, 0.2) is 0 Å². The number of hydrogen-bond acceptors (Lipinski definition) is 5. The summed E-state index contributed by atoms with van der Waals surface area (Å²) in [5, 5.41) is 18.0. The number of nitrogens with zero attached hydrogens (tertiary/aromatic N) is 2. The van der Waals surface area contributed by atoms with E-state index in [0.29, 0.717) is 5.69 Å². The standard InChI is InChI=1S/C18H22N4O2.ClH/c1-14(15-5-3-2-4-6-15)20-17-13-16(7-8-18(17)22(23)24)21-11-9-19-10-12-21;/h2-8,13-14,19-20H,9-12H2,1H3;1H. The zero-order valence-electron chi connectivity index (χ0n) is 14.1. The maximum absolute atomic E-state index is 11.4. The van der Waals surface area contributed by atoms with Crippen molar-refractivity contribution in [2.45, 2.75) is 13.0 Å². The zero-order valence-corrected chi connectivity index (χ0v) is 15.0. The molecular formula is C18H23ClN4O2. The van der Waals surface area contributed by atoms with Gasteiger partial charge in [0.1, 0.15) is 5.69 Å². The van der Waals surface area contributed by atoms with Gasteiger partial charge in [-0.1, -0.05) is 30.3 Å². The highest BCUT2D eigenvalue weighted by atomic mass is 35.5. The lowest BCUT2D eigenvalue weighted by Crippen LogP contribution is -2.43. The van der Waals surface area contributed by atoms with E-state index in [9.17, 15) is 10.1 Å². The van der Waals surface area contributed by atoms with Crippen LogP contribution in [0.25, 0.3) is 0 Å². The van der Waals surface area contributed by atoms with Gasteiger partial charge in [0, 0.05) is 44.0 Å². The second kappa shape index (κ2) is 8.69. The summed E-state index contributed by atoms with van der Waals surface area (Å²) in [6, 6.07) is 15.3. The second-order valence-electron chi connectivity index (χ2n) is 5.97. The SMILES string of the molecule is CC(Nc1cc(N2CCNCC2)ccc1[N+](=O)[O-])c1ccccc1.Cl. The van der Waals surface area contributed by atoms with Crippen molar-refractivity contribution in [3.63, 3.8) is 0 Å². The monoisotopic (exact) mass is 362 g/mol. The summed E-state index contributed by atoms with van der Waals surface area (Å²) in [5.41, 5.74) is 2.79. The van der Waals surface area contributed by atoms with Crippen molar-refractivity contribution in [2.75, 3.05) is 36.4 Å². The van der Waals surface area contributed by atoms with E-state index in [1.54, 1.807) is 6.07 Å². The molecule has 1 atom stereocenters. The average molecular weight is 363 g/mol. The van der Waals surface area contributed by atoms with Crippen LogP contribution in [0.15, 0.2) is 48.5 Å². The highest BCUT2D eigenvalue weighted by molar-refractivity contribution is 5.85. The second-order valence-corrected chi connectivity index (χ2v) is 5.97. The minimum absolute atomic E-state index is 0. The lowest BCUT2D eigenvalue weighted by Gasteiger charge is -2.30. The molecular weight excluding hydrogens is 340 g/mol. The summed E-state index contributed by atoms with van der Waals surface area (Å²) in [7, 11) is 0. The van der Waals surface area contributed by atoms with Crippen molar-refractivity contribution in [2.24, 2.45) is 0 Å². The Labute approximate surface area is 153 Å². The van der Waals surface area contributed by atoms with Crippen LogP contribution in [0.5, 0.6) is 0 Å². The Morgan fingerprint density at radius 3 is 2.48 bits per heavy atom.